The number of methoxy groups -OCH3 is 1. The molecule has 3 aromatic rings. The zero-order chi connectivity index (χ0) is 23.1. The summed E-state index contributed by atoms with van der Waals surface area (Å²) in [5, 5.41) is 0. The van der Waals surface area contributed by atoms with Gasteiger partial charge in [0.15, 0.2) is 6.61 Å². The Morgan fingerprint density at radius 3 is 2.03 bits per heavy atom. The fraction of sp³-hybridized carbons (Fsp3) is 0.240. The van der Waals surface area contributed by atoms with Gasteiger partial charge < -0.3 is 9.47 Å². The smallest absolute Gasteiger partial charge is 0.278 e. The SMILES string of the molecule is CCCc1ccc(OCC(=O)N(c2ccc(OC)cc2)S(=O)(=O)c2ccc(C)cc2)cc1. The van der Waals surface area contributed by atoms with Gasteiger partial charge in [0, 0.05) is 0 Å². The van der Waals surface area contributed by atoms with E-state index in [1.807, 2.05) is 19.1 Å². The van der Waals surface area contributed by atoms with Crippen LogP contribution in [-0.4, -0.2) is 28.0 Å². The van der Waals surface area contributed by atoms with Crippen molar-refractivity contribution in [2.45, 2.75) is 31.6 Å². The van der Waals surface area contributed by atoms with E-state index < -0.39 is 22.5 Å². The highest BCUT2D eigenvalue weighted by Gasteiger charge is 2.31. The first-order valence-corrected chi connectivity index (χ1v) is 11.8. The van der Waals surface area contributed by atoms with Crippen LogP contribution in [0.1, 0.15) is 24.5 Å². The van der Waals surface area contributed by atoms with E-state index in [4.69, 9.17) is 9.47 Å². The highest BCUT2D eigenvalue weighted by Crippen LogP contribution is 2.26. The van der Waals surface area contributed by atoms with Gasteiger partial charge in [-0.3, -0.25) is 4.79 Å². The van der Waals surface area contributed by atoms with Crippen LogP contribution in [0.25, 0.3) is 0 Å². The summed E-state index contributed by atoms with van der Waals surface area (Å²) in [6.07, 6.45) is 1.99. The first kappa shape index (κ1) is 23.3. The van der Waals surface area contributed by atoms with E-state index in [2.05, 4.69) is 6.92 Å². The van der Waals surface area contributed by atoms with Crippen LogP contribution in [0.3, 0.4) is 0 Å². The molecule has 0 aromatic heterocycles. The topological polar surface area (TPSA) is 72.9 Å². The summed E-state index contributed by atoms with van der Waals surface area (Å²) in [7, 11) is -2.63. The van der Waals surface area contributed by atoms with Gasteiger partial charge in [-0.25, -0.2) is 8.42 Å². The van der Waals surface area contributed by atoms with Crippen molar-refractivity contribution < 1.29 is 22.7 Å². The van der Waals surface area contributed by atoms with E-state index in [0.717, 1.165) is 22.7 Å². The van der Waals surface area contributed by atoms with Crippen molar-refractivity contribution in [3.63, 3.8) is 0 Å². The Kier molecular flexibility index (Phi) is 7.53. The van der Waals surface area contributed by atoms with Gasteiger partial charge in [-0.05, 0) is 67.4 Å². The van der Waals surface area contributed by atoms with Crippen molar-refractivity contribution >= 4 is 21.6 Å². The van der Waals surface area contributed by atoms with Crippen molar-refractivity contribution in [3.8, 4) is 11.5 Å². The van der Waals surface area contributed by atoms with Gasteiger partial charge in [-0.15, -0.1) is 0 Å². The average Bonchev–Trinajstić information content (AvgIpc) is 2.79. The molecule has 0 radical (unpaired) electrons. The third kappa shape index (κ3) is 5.48. The number of aryl methyl sites for hydroxylation is 2. The molecule has 0 heterocycles. The lowest BCUT2D eigenvalue weighted by Crippen LogP contribution is -2.40. The van der Waals surface area contributed by atoms with Crippen molar-refractivity contribution in [2.24, 2.45) is 0 Å². The molecule has 0 aliphatic carbocycles. The molecular weight excluding hydrogens is 426 g/mol. The van der Waals surface area contributed by atoms with Gasteiger partial charge in [-0.1, -0.05) is 43.2 Å². The molecule has 0 N–H and O–H groups in total. The number of rotatable bonds is 9. The molecule has 168 valence electrons. The predicted octanol–water partition coefficient (Wildman–Crippen LogP) is 4.76. The number of hydrogen-bond acceptors (Lipinski definition) is 5. The molecule has 32 heavy (non-hydrogen) atoms. The molecule has 0 spiro atoms. The number of sulfonamides is 1. The summed E-state index contributed by atoms with van der Waals surface area (Å²) >= 11 is 0. The van der Waals surface area contributed by atoms with E-state index in [-0.39, 0.29) is 10.6 Å². The van der Waals surface area contributed by atoms with Crippen molar-refractivity contribution in [1.82, 2.24) is 0 Å². The number of nitrogens with zero attached hydrogens (tertiary/aromatic N) is 1. The maximum atomic E-state index is 13.4. The second-order valence-corrected chi connectivity index (χ2v) is 9.14. The molecule has 3 rings (SSSR count). The third-order valence-corrected chi connectivity index (χ3v) is 6.68. The van der Waals surface area contributed by atoms with Crippen LogP contribution < -0.4 is 13.8 Å². The lowest BCUT2D eigenvalue weighted by molar-refractivity contribution is -0.119. The zero-order valence-corrected chi connectivity index (χ0v) is 19.3. The molecule has 0 saturated carbocycles. The molecule has 7 heteroatoms. The first-order chi connectivity index (χ1) is 15.3. The van der Waals surface area contributed by atoms with Gasteiger partial charge in [0.2, 0.25) is 0 Å². The minimum absolute atomic E-state index is 0.0242. The second-order valence-electron chi connectivity index (χ2n) is 7.36. The van der Waals surface area contributed by atoms with E-state index in [9.17, 15) is 13.2 Å². The minimum Gasteiger partial charge on any atom is -0.497 e. The van der Waals surface area contributed by atoms with Crippen LogP contribution in [0, 0.1) is 6.92 Å². The van der Waals surface area contributed by atoms with Crippen molar-refractivity contribution in [3.05, 3.63) is 83.9 Å². The van der Waals surface area contributed by atoms with E-state index in [1.165, 1.54) is 36.9 Å². The van der Waals surface area contributed by atoms with Crippen LogP contribution in [-0.2, 0) is 21.2 Å². The lowest BCUT2D eigenvalue weighted by Gasteiger charge is -2.23. The second kappa shape index (κ2) is 10.3. The fourth-order valence-electron chi connectivity index (χ4n) is 3.19. The van der Waals surface area contributed by atoms with Crippen LogP contribution in [0.4, 0.5) is 5.69 Å². The molecule has 3 aromatic carbocycles. The van der Waals surface area contributed by atoms with E-state index in [0.29, 0.717) is 11.5 Å². The maximum Gasteiger partial charge on any atom is 0.278 e. The zero-order valence-electron chi connectivity index (χ0n) is 18.4. The Morgan fingerprint density at radius 1 is 0.875 bits per heavy atom. The van der Waals surface area contributed by atoms with Crippen LogP contribution in [0.2, 0.25) is 0 Å². The van der Waals surface area contributed by atoms with Gasteiger partial charge in [0.1, 0.15) is 11.5 Å². The molecule has 0 unspecified atom stereocenters. The number of carbonyl (C=O) groups excluding carboxylic acids is 1. The molecule has 6 nitrogen and oxygen atoms in total. The Labute approximate surface area is 189 Å². The monoisotopic (exact) mass is 453 g/mol. The summed E-state index contributed by atoms with van der Waals surface area (Å²) in [6, 6.07) is 20.1. The summed E-state index contributed by atoms with van der Waals surface area (Å²) in [5.41, 5.74) is 2.30. The summed E-state index contributed by atoms with van der Waals surface area (Å²) < 4.78 is 38.3. The minimum atomic E-state index is -4.15. The molecule has 0 aliphatic rings. The number of anilines is 1. The Bertz CT molecular complexity index is 1140. The summed E-state index contributed by atoms with van der Waals surface area (Å²) in [4.78, 5) is 13.1. The Morgan fingerprint density at radius 2 is 1.47 bits per heavy atom. The van der Waals surface area contributed by atoms with Gasteiger partial charge >= 0.3 is 0 Å². The third-order valence-electron chi connectivity index (χ3n) is 4.92. The first-order valence-electron chi connectivity index (χ1n) is 10.4. The van der Waals surface area contributed by atoms with Crippen molar-refractivity contribution in [2.75, 3.05) is 18.0 Å². The van der Waals surface area contributed by atoms with Crippen LogP contribution in [0.5, 0.6) is 11.5 Å². The van der Waals surface area contributed by atoms with Crippen molar-refractivity contribution in [1.29, 1.82) is 0 Å². The van der Waals surface area contributed by atoms with E-state index >= 15 is 0 Å². The van der Waals surface area contributed by atoms with E-state index in [1.54, 1.807) is 36.4 Å². The average molecular weight is 454 g/mol. The number of hydrogen-bond donors (Lipinski definition) is 0. The predicted molar refractivity (Wildman–Crippen MR) is 125 cm³/mol. The summed E-state index contributed by atoms with van der Waals surface area (Å²) in [6.45, 7) is 3.54. The number of benzene rings is 3. The maximum absolute atomic E-state index is 13.4. The van der Waals surface area contributed by atoms with Gasteiger partial charge in [0.25, 0.3) is 15.9 Å². The highest BCUT2D eigenvalue weighted by atomic mass is 32.2. The largest absolute Gasteiger partial charge is 0.497 e. The normalized spacial score (nSPS) is 11.1. The van der Waals surface area contributed by atoms with Crippen LogP contribution in [0.15, 0.2) is 77.7 Å². The fourth-order valence-corrected chi connectivity index (χ4v) is 4.61. The molecule has 0 saturated heterocycles. The molecule has 0 bridgehead atoms. The highest BCUT2D eigenvalue weighted by molar-refractivity contribution is 7.93. The van der Waals surface area contributed by atoms with Gasteiger partial charge in [-0.2, -0.15) is 4.31 Å². The van der Waals surface area contributed by atoms with Gasteiger partial charge in [0.05, 0.1) is 17.7 Å². The molecule has 0 aliphatic heterocycles. The quantitative estimate of drug-likeness (QED) is 0.467. The molecule has 0 fully saturated rings. The number of ether oxygens (including phenoxy) is 2. The summed E-state index contributed by atoms with van der Waals surface area (Å²) in [5.74, 6) is 0.353. The Balaban J connectivity index is 1.88. The van der Waals surface area contributed by atoms with Crippen LogP contribution >= 0.6 is 0 Å². The standard InChI is InChI=1S/C25H27NO5S/c1-4-5-20-8-12-23(13-9-20)31-18-25(27)26(21-10-14-22(30-3)15-11-21)32(28,29)24-16-6-19(2)7-17-24/h6-17H,4-5,18H2,1-3H3. The number of carbonyl (C=O) groups is 1. The Hall–Kier alpha value is -3.32. The lowest BCUT2D eigenvalue weighted by atomic mass is 10.1. The molecule has 1 amide bonds. The molecular formula is C25H27NO5S. The number of amides is 1. The molecule has 0 atom stereocenters.